The van der Waals surface area contributed by atoms with Gasteiger partial charge in [0.2, 0.25) is 5.95 Å². The Bertz CT molecular complexity index is 505. The van der Waals surface area contributed by atoms with Crippen LogP contribution >= 0.6 is 0 Å². The Morgan fingerprint density at radius 3 is 2.50 bits per heavy atom. The SMILES string of the molecule is CCn1ncc(CNCc2ccc(F)cc2)c1F. The summed E-state index contributed by atoms with van der Waals surface area (Å²) in [6.07, 6.45) is 1.52. The molecule has 0 fully saturated rings. The van der Waals surface area contributed by atoms with Crippen molar-refractivity contribution in [1.82, 2.24) is 15.1 Å². The van der Waals surface area contributed by atoms with Crippen LogP contribution in [0.15, 0.2) is 30.5 Å². The minimum atomic E-state index is -0.302. The molecule has 0 saturated carbocycles. The van der Waals surface area contributed by atoms with Crippen molar-refractivity contribution in [1.29, 1.82) is 0 Å². The minimum Gasteiger partial charge on any atom is -0.308 e. The van der Waals surface area contributed by atoms with Gasteiger partial charge in [-0.3, -0.25) is 0 Å². The number of hydrogen-bond donors (Lipinski definition) is 1. The van der Waals surface area contributed by atoms with Crippen LogP contribution in [0, 0.1) is 11.8 Å². The highest BCUT2D eigenvalue weighted by molar-refractivity contribution is 5.16. The summed E-state index contributed by atoms with van der Waals surface area (Å²) in [4.78, 5) is 0. The molecule has 2 rings (SSSR count). The third-order valence-corrected chi connectivity index (χ3v) is 2.70. The smallest absolute Gasteiger partial charge is 0.215 e. The van der Waals surface area contributed by atoms with E-state index >= 15 is 0 Å². The van der Waals surface area contributed by atoms with Crippen LogP contribution in [-0.4, -0.2) is 9.78 Å². The van der Waals surface area contributed by atoms with E-state index in [2.05, 4.69) is 10.4 Å². The van der Waals surface area contributed by atoms with Crippen LogP contribution in [0.1, 0.15) is 18.1 Å². The number of halogens is 2. The molecule has 3 nitrogen and oxygen atoms in total. The monoisotopic (exact) mass is 251 g/mol. The topological polar surface area (TPSA) is 29.9 Å². The molecule has 0 bridgehead atoms. The average Bonchev–Trinajstić information content (AvgIpc) is 2.73. The second-order valence-electron chi connectivity index (χ2n) is 4.01. The number of nitrogens with zero attached hydrogens (tertiary/aromatic N) is 2. The molecule has 0 amide bonds. The Morgan fingerprint density at radius 2 is 1.89 bits per heavy atom. The van der Waals surface area contributed by atoms with E-state index in [0.29, 0.717) is 25.2 Å². The van der Waals surface area contributed by atoms with Crippen molar-refractivity contribution >= 4 is 0 Å². The van der Waals surface area contributed by atoms with E-state index in [1.165, 1.54) is 23.0 Å². The summed E-state index contributed by atoms with van der Waals surface area (Å²) >= 11 is 0. The lowest BCUT2D eigenvalue weighted by molar-refractivity contribution is 0.460. The zero-order valence-corrected chi connectivity index (χ0v) is 10.2. The van der Waals surface area contributed by atoms with E-state index in [1.807, 2.05) is 6.92 Å². The molecule has 1 aromatic heterocycles. The standard InChI is InChI=1S/C13H15F2N3/c1-2-18-13(15)11(9-17-18)8-16-7-10-3-5-12(14)6-4-10/h3-6,9,16H,2,7-8H2,1H3. The number of nitrogens with one attached hydrogen (secondary N) is 1. The lowest BCUT2D eigenvalue weighted by Gasteiger charge is -2.04. The van der Waals surface area contributed by atoms with E-state index in [4.69, 9.17) is 0 Å². The maximum absolute atomic E-state index is 13.6. The van der Waals surface area contributed by atoms with Gasteiger partial charge in [-0.15, -0.1) is 0 Å². The van der Waals surface area contributed by atoms with Crippen LogP contribution < -0.4 is 5.32 Å². The van der Waals surface area contributed by atoms with Gasteiger partial charge in [0.1, 0.15) is 5.82 Å². The maximum Gasteiger partial charge on any atom is 0.215 e. The first-order valence-corrected chi connectivity index (χ1v) is 5.86. The highest BCUT2D eigenvalue weighted by Crippen LogP contribution is 2.07. The third-order valence-electron chi connectivity index (χ3n) is 2.70. The summed E-state index contributed by atoms with van der Waals surface area (Å²) in [5.41, 5.74) is 1.50. The van der Waals surface area contributed by atoms with Crippen LogP contribution in [0.5, 0.6) is 0 Å². The molecule has 1 N–H and O–H groups in total. The van der Waals surface area contributed by atoms with Gasteiger partial charge in [-0.25, -0.2) is 9.07 Å². The Labute approximate surface area is 104 Å². The van der Waals surface area contributed by atoms with Crippen molar-refractivity contribution in [3.8, 4) is 0 Å². The Morgan fingerprint density at radius 1 is 1.17 bits per heavy atom. The normalized spacial score (nSPS) is 10.8. The number of hydrogen-bond acceptors (Lipinski definition) is 2. The highest BCUT2D eigenvalue weighted by Gasteiger charge is 2.08. The molecule has 0 aliphatic rings. The molecule has 5 heteroatoms. The predicted octanol–water partition coefficient (Wildman–Crippen LogP) is 2.47. The van der Waals surface area contributed by atoms with Gasteiger partial charge in [0, 0.05) is 25.2 Å². The third kappa shape index (κ3) is 2.92. The van der Waals surface area contributed by atoms with Gasteiger partial charge in [0.25, 0.3) is 0 Å². The highest BCUT2D eigenvalue weighted by atomic mass is 19.1. The quantitative estimate of drug-likeness (QED) is 0.884. The molecule has 0 aliphatic carbocycles. The summed E-state index contributed by atoms with van der Waals surface area (Å²) in [7, 11) is 0. The molecule has 2 aromatic rings. The Kier molecular flexibility index (Phi) is 4.04. The molecule has 0 spiro atoms. The van der Waals surface area contributed by atoms with Gasteiger partial charge in [0.05, 0.1) is 6.20 Å². The van der Waals surface area contributed by atoms with Gasteiger partial charge < -0.3 is 5.32 Å². The van der Waals surface area contributed by atoms with E-state index in [0.717, 1.165) is 5.56 Å². The molecule has 18 heavy (non-hydrogen) atoms. The fraction of sp³-hybridized carbons (Fsp3) is 0.308. The van der Waals surface area contributed by atoms with Crippen molar-refractivity contribution < 1.29 is 8.78 Å². The number of aromatic nitrogens is 2. The molecule has 0 radical (unpaired) electrons. The van der Waals surface area contributed by atoms with Crippen LogP contribution in [-0.2, 0) is 19.6 Å². The largest absolute Gasteiger partial charge is 0.308 e. The van der Waals surface area contributed by atoms with E-state index in [9.17, 15) is 8.78 Å². The van der Waals surface area contributed by atoms with Gasteiger partial charge in [-0.2, -0.15) is 9.49 Å². The number of aryl methyl sites for hydroxylation is 1. The second-order valence-corrected chi connectivity index (χ2v) is 4.01. The first-order valence-electron chi connectivity index (χ1n) is 5.86. The van der Waals surface area contributed by atoms with Crippen LogP contribution in [0.25, 0.3) is 0 Å². The van der Waals surface area contributed by atoms with Crippen molar-refractivity contribution in [2.45, 2.75) is 26.6 Å². The molecular weight excluding hydrogens is 236 g/mol. The first kappa shape index (κ1) is 12.7. The van der Waals surface area contributed by atoms with Crippen molar-refractivity contribution in [2.24, 2.45) is 0 Å². The van der Waals surface area contributed by atoms with Crippen LogP contribution in [0.2, 0.25) is 0 Å². The fourth-order valence-corrected chi connectivity index (χ4v) is 1.69. The van der Waals surface area contributed by atoms with Gasteiger partial charge >= 0.3 is 0 Å². The Hall–Kier alpha value is -1.75. The van der Waals surface area contributed by atoms with Crippen molar-refractivity contribution in [3.05, 3.63) is 53.4 Å². The molecular formula is C13H15F2N3. The lowest BCUT2D eigenvalue weighted by atomic mass is 10.2. The maximum atomic E-state index is 13.6. The molecule has 1 heterocycles. The minimum absolute atomic E-state index is 0.256. The molecule has 0 unspecified atom stereocenters. The van der Waals surface area contributed by atoms with Crippen molar-refractivity contribution in [3.63, 3.8) is 0 Å². The second kappa shape index (κ2) is 5.73. The van der Waals surface area contributed by atoms with Crippen molar-refractivity contribution in [2.75, 3.05) is 0 Å². The fourth-order valence-electron chi connectivity index (χ4n) is 1.69. The summed E-state index contributed by atoms with van der Waals surface area (Å²) in [6.45, 7) is 3.33. The molecule has 0 atom stereocenters. The number of benzene rings is 1. The van der Waals surface area contributed by atoms with Gasteiger partial charge in [-0.05, 0) is 24.6 Å². The van der Waals surface area contributed by atoms with E-state index < -0.39 is 0 Å². The van der Waals surface area contributed by atoms with Gasteiger partial charge in [-0.1, -0.05) is 12.1 Å². The lowest BCUT2D eigenvalue weighted by Crippen LogP contribution is -2.13. The summed E-state index contributed by atoms with van der Waals surface area (Å²) in [5.74, 6) is -0.557. The van der Waals surface area contributed by atoms with Gasteiger partial charge in [0.15, 0.2) is 0 Å². The van der Waals surface area contributed by atoms with Crippen LogP contribution in [0.3, 0.4) is 0 Å². The van der Waals surface area contributed by atoms with E-state index in [-0.39, 0.29) is 11.8 Å². The first-order chi connectivity index (χ1) is 8.70. The molecule has 96 valence electrons. The Balaban J connectivity index is 1.88. The summed E-state index contributed by atoms with van der Waals surface area (Å²) in [6, 6.07) is 6.22. The average molecular weight is 251 g/mol. The number of rotatable bonds is 5. The molecule has 0 aliphatic heterocycles. The van der Waals surface area contributed by atoms with Crippen LogP contribution in [0.4, 0.5) is 8.78 Å². The molecule has 1 aromatic carbocycles. The zero-order valence-electron chi connectivity index (χ0n) is 10.2. The zero-order chi connectivity index (χ0) is 13.0. The molecule has 0 saturated heterocycles. The summed E-state index contributed by atoms with van der Waals surface area (Å²) < 4.78 is 27.6. The predicted molar refractivity (Wildman–Crippen MR) is 64.8 cm³/mol. The van der Waals surface area contributed by atoms with E-state index in [1.54, 1.807) is 12.1 Å². The summed E-state index contributed by atoms with van der Waals surface area (Å²) in [5, 5.41) is 7.02.